The second-order valence-electron chi connectivity index (χ2n) is 2.05. The van der Waals surface area contributed by atoms with E-state index in [1.165, 1.54) is 19.2 Å². The van der Waals surface area contributed by atoms with Crippen LogP contribution in [0.5, 0.6) is 5.75 Å². The fourth-order valence-electron chi connectivity index (χ4n) is 0.757. The Labute approximate surface area is 69.1 Å². The van der Waals surface area contributed by atoms with Crippen molar-refractivity contribution in [3.05, 3.63) is 29.2 Å². The Bertz CT molecular complexity index is 260. The Morgan fingerprint density at radius 2 is 1.92 bits per heavy atom. The van der Waals surface area contributed by atoms with Crippen LogP contribution < -0.4 is 9.91 Å². The Hall–Kier alpha value is -1.62. The molecule has 1 rings (SSSR count). The van der Waals surface area contributed by atoms with Crippen LogP contribution in [-0.4, -0.2) is 7.11 Å². The number of hydrogen-bond donors (Lipinski definition) is 0. The highest BCUT2D eigenvalue weighted by molar-refractivity contribution is 5.45. The molecule has 0 saturated carbocycles. The summed E-state index contributed by atoms with van der Waals surface area (Å²) in [7, 11) is 1.52. The van der Waals surface area contributed by atoms with Crippen molar-refractivity contribution in [2.75, 3.05) is 12.3 Å². The van der Waals surface area contributed by atoms with Crippen LogP contribution in [0.25, 0.3) is 0 Å². The second kappa shape index (κ2) is 3.68. The van der Waals surface area contributed by atoms with Crippen molar-refractivity contribution in [2.45, 2.75) is 0 Å². The van der Waals surface area contributed by atoms with E-state index in [-0.39, 0.29) is 10.9 Å². The molecule has 0 N–H and O–H groups in total. The van der Waals surface area contributed by atoms with E-state index in [0.29, 0.717) is 5.75 Å². The van der Waals surface area contributed by atoms with E-state index in [9.17, 15) is 10.1 Å². The average molecular weight is 167 g/mol. The SMILES string of the molecule is COc1ccc(N([O])N=O)cc1. The van der Waals surface area contributed by atoms with E-state index in [1.54, 1.807) is 12.1 Å². The summed E-state index contributed by atoms with van der Waals surface area (Å²) < 4.78 is 4.85. The molecule has 0 atom stereocenters. The van der Waals surface area contributed by atoms with Gasteiger partial charge in [-0.25, -0.2) is 0 Å². The first kappa shape index (κ1) is 8.48. The number of hydrogen-bond acceptors (Lipinski definition) is 3. The maximum absolute atomic E-state index is 10.6. The van der Waals surface area contributed by atoms with Crippen molar-refractivity contribution in [1.29, 1.82) is 0 Å². The Kier molecular flexibility index (Phi) is 2.60. The molecule has 5 nitrogen and oxygen atoms in total. The lowest BCUT2D eigenvalue weighted by molar-refractivity contribution is 0.160. The van der Waals surface area contributed by atoms with E-state index in [1.807, 2.05) is 0 Å². The molecule has 0 aliphatic heterocycles. The monoisotopic (exact) mass is 167 g/mol. The maximum atomic E-state index is 10.6. The quantitative estimate of drug-likeness (QED) is 0.506. The molecule has 63 valence electrons. The van der Waals surface area contributed by atoms with Gasteiger partial charge in [-0.05, 0) is 24.3 Å². The zero-order valence-corrected chi connectivity index (χ0v) is 6.43. The third-order valence-corrected chi connectivity index (χ3v) is 1.37. The molecule has 1 aromatic rings. The molecule has 0 fully saturated rings. The summed E-state index contributed by atoms with van der Waals surface area (Å²) in [5.74, 6) is 0.623. The van der Waals surface area contributed by atoms with Gasteiger partial charge in [-0.2, -0.15) is 0 Å². The topological polar surface area (TPSA) is 61.8 Å². The van der Waals surface area contributed by atoms with E-state index >= 15 is 0 Å². The fraction of sp³-hybridized carbons (Fsp3) is 0.143. The minimum absolute atomic E-state index is 0.000556. The normalized spacial score (nSPS) is 9.17. The van der Waals surface area contributed by atoms with Gasteiger partial charge in [0.15, 0.2) is 0 Å². The first-order valence-electron chi connectivity index (χ1n) is 3.22. The molecule has 0 bridgehead atoms. The summed E-state index contributed by atoms with van der Waals surface area (Å²) >= 11 is 0. The number of benzene rings is 1. The Morgan fingerprint density at radius 3 is 2.33 bits per heavy atom. The summed E-state index contributed by atoms with van der Waals surface area (Å²) in [4.78, 5) is 9.79. The first-order valence-corrected chi connectivity index (χ1v) is 3.22. The lowest BCUT2D eigenvalue weighted by Crippen LogP contribution is -2.04. The van der Waals surface area contributed by atoms with Gasteiger partial charge in [-0.1, -0.05) is 10.4 Å². The van der Waals surface area contributed by atoms with Crippen LogP contribution in [-0.2, 0) is 5.21 Å². The zero-order valence-electron chi connectivity index (χ0n) is 6.43. The summed E-state index contributed by atoms with van der Waals surface area (Å²) in [5, 5.41) is 12.8. The van der Waals surface area contributed by atoms with Crippen molar-refractivity contribution in [2.24, 2.45) is 5.29 Å². The molecule has 1 radical (unpaired) electrons. The summed E-state index contributed by atoms with van der Waals surface area (Å²) in [6.07, 6.45) is 0. The molecule has 0 spiro atoms. The van der Waals surface area contributed by atoms with Crippen LogP contribution in [0.15, 0.2) is 29.6 Å². The molecule has 0 aliphatic carbocycles. The summed E-state index contributed by atoms with van der Waals surface area (Å²) in [6, 6.07) is 6.05. The summed E-state index contributed by atoms with van der Waals surface area (Å²) in [6.45, 7) is 0. The standard InChI is InChI=1S/C7H7N2O3/c1-12-7-4-2-6(3-5-7)9(11)8-10/h2-5H,1H3. The zero-order chi connectivity index (χ0) is 8.97. The van der Waals surface area contributed by atoms with E-state index in [4.69, 9.17) is 4.74 Å². The van der Waals surface area contributed by atoms with Crippen LogP contribution in [0.4, 0.5) is 5.69 Å². The highest BCUT2D eigenvalue weighted by atomic mass is 16.6. The first-order chi connectivity index (χ1) is 5.77. The van der Waals surface area contributed by atoms with Crippen molar-refractivity contribution < 1.29 is 9.94 Å². The Balaban J connectivity index is 2.84. The van der Waals surface area contributed by atoms with Gasteiger partial charge in [0.05, 0.1) is 18.1 Å². The molecule has 0 unspecified atom stereocenters. The highest BCUT2D eigenvalue weighted by Crippen LogP contribution is 2.17. The molecule has 12 heavy (non-hydrogen) atoms. The van der Waals surface area contributed by atoms with E-state index in [2.05, 4.69) is 5.29 Å². The molecule has 0 saturated heterocycles. The smallest absolute Gasteiger partial charge is 0.119 e. The van der Waals surface area contributed by atoms with Gasteiger partial charge < -0.3 is 4.74 Å². The number of rotatable bonds is 3. The van der Waals surface area contributed by atoms with Crippen LogP contribution >= 0.6 is 0 Å². The van der Waals surface area contributed by atoms with Crippen LogP contribution in [0.1, 0.15) is 0 Å². The van der Waals surface area contributed by atoms with Crippen molar-refractivity contribution >= 4 is 5.69 Å². The molecule has 0 aromatic heterocycles. The van der Waals surface area contributed by atoms with Crippen molar-refractivity contribution in [1.82, 2.24) is 0 Å². The van der Waals surface area contributed by atoms with E-state index in [0.717, 1.165) is 0 Å². The number of nitroso groups, excluding NO2 is 1. The summed E-state index contributed by atoms with van der Waals surface area (Å²) in [5.41, 5.74) is 0.186. The largest absolute Gasteiger partial charge is 0.497 e. The highest BCUT2D eigenvalue weighted by Gasteiger charge is 2.02. The maximum Gasteiger partial charge on any atom is 0.119 e. The average Bonchev–Trinajstić information content (AvgIpc) is 2.17. The molecule has 0 aliphatic rings. The van der Waals surface area contributed by atoms with Gasteiger partial charge in [-0.15, -0.1) is 4.91 Å². The van der Waals surface area contributed by atoms with Crippen molar-refractivity contribution in [3.8, 4) is 5.75 Å². The van der Waals surface area contributed by atoms with Gasteiger partial charge in [0.25, 0.3) is 0 Å². The predicted octanol–water partition coefficient (Wildman–Crippen LogP) is 1.53. The van der Waals surface area contributed by atoms with Gasteiger partial charge in [0.1, 0.15) is 5.75 Å². The molecule has 0 heterocycles. The molecule has 5 heteroatoms. The number of ether oxygens (including phenoxy) is 1. The third-order valence-electron chi connectivity index (χ3n) is 1.37. The molecule has 1 aromatic carbocycles. The number of methoxy groups -OCH3 is 1. The van der Waals surface area contributed by atoms with Crippen LogP contribution in [0.3, 0.4) is 0 Å². The van der Waals surface area contributed by atoms with Crippen LogP contribution in [0, 0.1) is 4.91 Å². The van der Waals surface area contributed by atoms with Gasteiger partial charge >= 0.3 is 0 Å². The van der Waals surface area contributed by atoms with Gasteiger partial charge in [0.2, 0.25) is 0 Å². The fourth-order valence-corrected chi connectivity index (χ4v) is 0.757. The van der Waals surface area contributed by atoms with Crippen LogP contribution in [0.2, 0.25) is 0 Å². The number of anilines is 1. The minimum atomic E-state index is -0.000556. The van der Waals surface area contributed by atoms with Gasteiger partial charge in [0, 0.05) is 0 Å². The molecular weight excluding hydrogens is 160 g/mol. The molecular formula is C7H7N2O3. The third kappa shape index (κ3) is 1.70. The predicted molar refractivity (Wildman–Crippen MR) is 42.0 cm³/mol. The second-order valence-corrected chi connectivity index (χ2v) is 2.05. The number of nitrogens with zero attached hydrogens (tertiary/aromatic N) is 2. The lowest BCUT2D eigenvalue weighted by Gasteiger charge is -2.03. The Morgan fingerprint density at radius 1 is 1.33 bits per heavy atom. The lowest BCUT2D eigenvalue weighted by atomic mass is 10.3. The van der Waals surface area contributed by atoms with Gasteiger partial charge in [-0.3, -0.25) is 0 Å². The molecule has 0 amide bonds. The van der Waals surface area contributed by atoms with Crippen molar-refractivity contribution in [3.63, 3.8) is 0 Å². The minimum Gasteiger partial charge on any atom is -0.497 e. The van der Waals surface area contributed by atoms with E-state index < -0.39 is 0 Å².